The minimum Gasteiger partial charge on any atom is -0.481 e. The van der Waals surface area contributed by atoms with Gasteiger partial charge < -0.3 is 9.84 Å². The van der Waals surface area contributed by atoms with Gasteiger partial charge in [0, 0.05) is 0 Å². The fraction of sp³-hybridized carbons (Fsp3) is 0.875. The summed E-state index contributed by atoms with van der Waals surface area (Å²) in [5, 5.41) is 8.80. The molecule has 0 aromatic carbocycles. The van der Waals surface area contributed by atoms with Gasteiger partial charge in [-0.15, -0.1) is 0 Å². The number of epoxide rings is 1. The smallest absolute Gasteiger partial charge is 0.309 e. The van der Waals surface area contributed by atoms with Crippen molar-refractivity contribution in [2.24, 2.45) is 5.92 Å². The van der Waals surface area contributed by atoms with E-state index in [0.717, 1.165) is 6.42 Å². The molecule has 0 radical (unpaired) electrons. The molecular weight excluding hydrogens is 144 g/mol. The fourth-order valence-corrected chi connectivity index (χ4v) is 1.29. The molecule has 1 rings (SSSR count). The Kier molecular flexibility index (Phi) is 2.18. The summed E-state index contributed by atoms with van der Waals surface area (Å²) in [5.74, 6) is -1.04. The fourth-order valence-electron chi connectivity index (χ4n) is 1.29. The Morgan fingerprint density at radius 1 is 1.82 bits per heavy atom. The van der Waals surface area contributed by atoms with Crippen LogP contribution in [0.1, 0.15) is 26.7 Å². The highest BCUT2D eigenvalue weighted by Gasteiger charge is 2.49. The minimum atomic E-state index is -0.730. The Labute approximate surface area is 66.4 Å². The molecule has 0 amide bonds. The van der Waals surface area contributed by atoms with Gasteiger partial charge in [0.15, 0.2) is 0 Å². The highest BCUT2D eigenvalue weighted by Crippen LogP contribution is 2.37. The maximum atomic E-state index is 10.7. The molecule has 1 aliphatic rings. The Hall–Kier alpha value is -0.570. The molecule has 0 aromatic rings. The second-order valence-corrected chi connectivity index (χ2v) is 3.28. The summed E-state index contributed by atoms with van der Waals surface area (Å²) < 4.78 is 5.09. The van der Waals surface area contributed by atoms with E-state index >= 15 is 0 Å². The van der Waals surface area contributed by atoms with Crippen LogP contribution in [0, 0.1) is 5.92 Å². The number of hydrogen-bond acceptors (Lipinski definition) is 2. The van der Waals surface area contributed by atoms with Gasteiger partial charge in [0.1, 0.15) is 5.60 Å². The highest BCUT2D eigenvalue weighted by atomic mass is 16.6. The van der Waals surface area contributed by atoms with Crippen molar-refractivity contribution in [3.05, 3.63) is 0 Å². The third kappa shape index (κ3) is 1.71. The van der Waals surface area contributed by atoms with Crippen molar-refractivity contribution in [3.8, 4) is 0 Å². The van der Waals surface area contributed by atoms with Crippen LogP contribution in [0.4, 0.5) is 0 Å². The van der Waals surface area contributed by atoms with Crippen LogP contribution in [0.15, 0.2) is 0 Å². The number of carbonyl (C=O) groups is 1. The van der Waals surface area contributed by atoms with Crippen LogP contribution >= 0.6 is 0 Å². The van der Waals surface area contributed by atoms with E-state index in [1.807, 2.05) is 13.8 Å². The third-order valence-corrected chi connectivity index (χ3v) is 2.21. The van der Waals surface area contributed by atoms with E-state index in [1.165, 1.54) is 0 Å². The van der Waals surface area contributed by atoms with Crippen molar-refractivity contribution in [2.45, 2.75) is 32.3 Å². The monoisotopic (exact) mass is 158 g/mol. The van der Waals surface area contributed by atoms with Gasteiger partial charge >= 0.3 is 5.97 Å². The van der Waals surface area contributed by atoms with Crippen molar-refractivity contribution < 1.29 is 14.6 Å². The average molecular weight is 158 g/mol. The largest absolute Gasteiger partial charge is 0.481 e. The van der Waals surface area contributed by atoms with E-state index in [2.05, 4.69) is 0 Å². The summed E-state index contributed by atoms with van der Waals surface area (Å²) >= 11 is 0. The zero-order chi connectivity index (χ0) is 8.48. The molecule has 3 nitrogen and oxygen atoms in total. The molecule has 2 atom stereocenters. The zero-order valence-electron chi connectivity index (χ0n) is 6.96. The molecule has 0 bridgehead atoms. The number of carboxylic acid groups (broad SMARTS) is 1. The normalized spacial score (nSPS) is 31.5. The first-order valence-corrected chi connectivity index (χ1v) is 3.97. The first kappa shape index (κ1) is 8.53. The molecule has 1 saturated heterocycles. The van der Waals surface area contributed by atoms with E-state index in [9.17, 15) is 4.79 Å². The summed E-state index contributed by atoms with van der Waals surface area (Å²) in [6, 6.07) is 0. The van der Waals surface area contributed by atoms with Crippen molar-refractivity contribution in [3.63, 3.8) is 0 Å². The lowest BCUT2D eigenvalue weighted by molar-refractivity contribution is -0.144. The van der Waals surface area contributed by atoms with Gasteiger partial charge in [0.25, 0.3) is 0 Å². The first-order chi connectivity index (χ1) is 5.10. The summed E-state index contributed by atoms with van der Waals surface area (Å²) in [4.78, 5) is 10.7. The summed E-state index contributed by atoms with van der Waals surface area (Å²) in [7, 11) is 0. The number of aliphatic carboxylic acids is 1. The summed E-state index contributed by atoms with van der Waals surface area (Å²) in [5.41, 5.74) is -0.359. The lowest BCUT2D eigenvalue weighted by atomic mass is 9.90. The number of carboxylic acids is 1. The molecule has 1 N–H and O–H groups in total. The van der Waals surface area contributed by atoms with Gasteiger partial charge in [-0.05, 0) is 13.3 Å². The number of hydrogen-bond donors (Lipinski definition) is 1. The molecule has 1 aliphatic heterocycles. The van der Waals surface area contributed by atoms with Gasteiger partial charge in [0.2, 0.25) is 0 Å². The molecule has 2 unspecified atom stereocenters. The molecule has 0 saturated carbocycles. The van der Waals surface area contributed by atoms with Crippen LogP contribution in [0.3, 0.4) is 0 Å². The molecule has 1 heterocycles. The molecular formula is C8H14O3. The van der Waals surface area contributed by atoms with Gasteiger partial charge in [-0.2, -0.15) is 0 Å². The first-order valence-electron chi connectivity index (χ1n) is 3.97. The standard InChI is InChI=1S/C8H14O3/c1-3-4-6(7(9)10)8(2)5-11-8/h6H,3-5H2,1-2H3,(H,9,10). The van der Waals surface area contributed by atoms with Crippen molar-refractivity contribution >= 4 is 5.97 Å². The van der Waals surface area contributed by atoms with E-state index in [-0.39, 0.29) is 11.5 Å². The van der Waals surface area contributed by atoms with Gasteiger partial charge in [-0.3, -0.25) is 4.79 Å². The van der Waals surface area contributed by atoms with Crippen molar-refractivity contribution in [1.82, 2.24) is 0 Å². The maximum Gasteiger partial charge on any atom is 0.309 e. The zero-order valence-corrected chi connectivity index (χ0v) is 6.96. The van der Waals surface area contributed by atoms with E-state index in [0.29, 0.717) is 13.0 Å². The van der Waals surface area contributed by atoms with Crippen LogP contribution in [-0.2, 0) is 9.53 Å². The lowest BCUT2D eigenvalue weighted by Crippen LogP contribution is -2.28. The molecule has 0 aliphatic carbocycles. The Balaban J connectivity index is 2.52. The summed E-state index contributed by atoms with van der Waals surface area (Å²) in [6.07, 6.45) is 1.61. The Morgan fingerprint density at radius 3 is 2.64 bits per heavy atom. The topological polar surface area (TPSA) is 49.8 Å². The molecule has 0 spiro atoms. The predicted molar refractivity (Wildman–Crippen MR) is 40.4 cm³/mol. The van der Waals surface area contributed by atoms with Gasteiger partial charge in [-0.25, -0.2) is 0 Å². The number of ether oxygens (including phenoxy) is 1. The molecule has 1 fully saturated rings. The van der Waals surface area contributed by atoms with Crippen LogP contribution in [0.25, 0.3) is 0 Å². The minimum absolute atomic E-state index is 0.313. The maximum absolute atomic E-state index is 10.7. The second-order valence-electron chi connectivity index (χ2n) is 3.28. The predicted octanol–water partition coefficient (Wildman–Crippen LogP) is 1.28. The Bertz CT molecular complexity index is 161. The van der Waals surface area contributed by atoms with Gasteiger partial charge in [-0.1, -0.05) is 13.3 Å². The van der Waals surface area contributed by atoms with Crippen LogP contribution in [-0.4, -0.2) is 23.3 Å². The average Bonchev–Trinajstić information content (AvgIpc) is 2.63. The quantitative estimate of drug-likeness (QED) is 0.627. The SMILES string of the molecule is CCCC(C(=O)O)C1(C)CO1. The summed E-state index contributed by atoms with van der Waals surface area (Å²) in [6.45, 7) is 4.45. The Morgan fingerprint density at radius 2 is 2.36 bits per heavy atom. The third-order valence-electron chi connectivity index (χ3n) is 2.21. The van der Waals surface area contributed by atoms with Gasteiger partial charge in [0.05, 0.1) is 12.5 Å². The van der Waals surface area contributed by atoms with Crippen molar-refractivity contribution in [2.75, 3.05) is 6.61 Å². The molecule has 0 aromatic heterocycles. The molecule has 64 valence electrons. The van der Waals surface area contributed by atoms with E-state index < -0.39 is 5.97 Å². The van der Waals surface area contributed by atoms with Crippen LogP contribution in [0.2, 0.25) is 0 Å². The van der Waals surface area contributed by atoms with Crippen LogP contribution in [0.5, 0.6) is 0 Å². The lowest BCUT2D eigenvalue weighted by Gasteiger charge is -2.14. The molecule has 3 heteroatoms. The highest BCUT2D eigenvalue weighted by molar-refractivity contribution is 5.72. The number of rotatable bonds is 4. The second kappa shape index (κ2) is 2.81. The van der Waals surface area contributed by atoms with E-state index in [1.54, 1.807) is 0 Å². The van der Waals surface area contributed by atoms with Crippen LogP contribution < -0.4 is 0 Å². The van der Waals surface area contributed by atoms with Crippen molar-refractivity contribution in [1.29, 1.82) is 0 Å². The molecule has 11 heavy (non-hydrogen) atoms. The van der Waals surface area contributed by atoms with E-state index in [4.69, 9.17) is 9.84 Å².